The molecule has 204 valence electrons. The Bertz CT molecular complexity index is 1790. The highest BCUT2D eigenvalue weighted by molar-refractivity contribution is 6.37. The van der Waals surface area contributed by atoms with E-state index < -0.39 is 23.6 Å². The third-order valence-corrected chi connectivity index (χ3v) is 6.72. The Balaban J connectivity index is 1.76. The average molecular weight is 597 g/mol. The number of fused-ring (bicyclic) bond motifs is 2. The first-order chi connectivity index (χ1) is 20.3. The molecule has 0 radical (unpaired) electrons. The predicted molar refractivity (Wildman–Crippen MR) is 156 cm³/mol. The van der Waals surface area contributed by atoms with Crippen LogP contribution in [0.25, 0.3) is 20.9 Å². The summed E-state index contributed by atoms with van der Waals surface area (Å²) < 4.78 is 0. The van der Waals surface area contributed by atoms with Crippen LogP contribution in [-0.4, -0.2) is 23.6 Å². The van der Waals surface area contributed by atoms with E-state index in [1.807, 2.05) is 0 Å². The Morgan fingerprint density at radius 3 is 1.38 bits per heavy atom. The fraction of sp³-hybridized carbons (Fsp3) is 0. The minimum absolute atomic E-state index is 0.0952. The van der Waals surface area contributed by atoms with Crippen molar-refractivity contribution in [1.29, 1.82) is 0 Å². The van der Waals surface area contributed by atoms with Gasteiger partial charge in [0.15, 0.2) is 0 Å². The van der Waals surface area contributed by atoms with Gasteiger partial charge in [-0.25, -0.2) is 9.80 Å². The molecular weight excluding hydrogens is 583 g/mol. The van der Waals surface area contributed by atoms with Crippen LogP contribution in [0.15, 0.2) is 95.2 Å². The molecule has 0 fully saturated rings. The van der Waals surface area contributed by atoms with Gasteiger partial charge in [0.05, 0.1) is 45.0 Å². The number of halogens is 2. The Hall–Kier alpha value is -5.64. The van der Waals surface area contributed by atoms with E-state index in [-0.39, 0.29) is 55.0 Å². The van der Waals surface area contributed by atoms with Crippen molar-refractivity contribution in [3.8, 4) is 0 Å². The molecule has 14 heteroatoms. The Morgan fingerprint density at radius 2 is 1.00 bits per heavy atom. The maximum atomic E-state index is 14.2. The molecule has 0 atom stereocenters. The zero-order valence-electron chi connectivity index (χ0n) is 21.0. The highest BCUT2D eigenvalue weighted by Crippen LogP contribution is 2.37. The van der Waals surface area contributed by atoms with E-state index in [0.717, 1.165) is 9.80 Å². The van der Waals surface area contributed by atoms with Gasteiger partial charge in [-0.05, 0) is 59.6 Å². The number of amides is 4. The van der Waals surface area contributed by atoms with Gasteiger partial charge in [-0.2, -0.15) is 0 Å². The van der Waals surface area contributed by atoms with Crippen molar-refractivity contribution in [3.05, 3.63) is 138 Å². The summed E-state index contributed by atoms with van der Waals surface area (Å²) >= 11 is 12.3. The van der Waals surface area contributed by atoms with Crippen molar-refractivity contribution < 1.29 is 19.2 Å². The van der Waals surface area contributed by atoms with Crippen LogP contribution < -0.4 is 9.80 Å². The number of nitrogens with zero attached hydrogens (tertiary/aromatic N) is 8. The molecule has 12 nitrogen and oxygen atoms in total. The number of hydrogen-bond donors (Lipinski definition) is 0. The van der Waals surface area contributed by atoms with Gasteiger partial charge in [0.25, 0.3) is 23.6 Å². The number of anilines is 2. The summed E-state index contributed by atoms with van der Waals surface area (Å²) in [5.41, 5.74) is 16.8. The number of para-hydroxylation sites is 2. The molecule has 0 saturated carbocycles. The summed E-state index contributed by atoms with van der Waals surface area (Å²) in [4.78, 5) is 63.4. The van der Waals surface area contributed by atoms with E-state index in [4.69, 9.17) is 34.3 Å². The first-order valence-corrected chi connectivity index (χ1v) is 12.7. The van der Waals surface area contributed by atoms with E-state index >= 15 is 0 Å². The van der Waals surface area contributed by atoms with Gasteiger partial charge < -0.3 is 0 Å². The van der Waals surface area contributed by atoms with Gasteiger partial charge in [0, 0.05) is 19.9 Å². The number of benzene rings is 4. The Morgan fingerprint density at radius 1 is 0.619 bits per heavy atom. The molecule has 4 aromatic rings. The van der Waals surface area contributed by atoms with Gasteiger partial charge in [-0.1, -0.05) is 69.8 Å². The summed E-state index contributed by atoms with van der Waals surface area (Å²) in [5, 5.41) is 7.35. The summed E-state index contributed by atoms with van der Waals surface area (Å²) in [5.74, 6) is -3.64. The SMILES string of the molecule is [N-]=[N+]=Nc1ccc(Cl)cc1C(=O)N1C(=O)c2ccccc2N(C(=O)c2cc(Cl)ccc2N=[N+]=[N-])C(=O)c2ccccc21. The lowest BCUT2D eigenvalue weighted by Gasteiger charge is -2.31. The predicted octanol–water partition coefficient (Wildman–Crippen LogP) is 8.16. The number of imide groups is 2. The first-order valence-electron chi connectivity index (χ1n) is 11.9. The van der Waals surface area contributed by atoms with Crippen molar-refractivity contribution in [3.63, 3.8) is 0 Å². The van der Waals surface area contributed by atoms with E-state index in [0.29, 0.717) is 0 Å². The lowest BCUT2D eigenvalue weighted by molar-refractivity contribution is 0.0894. The molecule has 0 unspecified atom stereocenters. The van der Waals surface area contributed by atoms with Crippen molar-refractivity contribution in [2.75, 3.05) is 9.80 Å². The fourth-order valence-electron chi connectivity index (χ4n) is 4.43. The molecule has 1 aliphatic heterocycles. The number of rotatable bonds is 4. The molecule has 4 amide bonds. The molecular formula is C28H14Cl2N8O4. The van der Waals surface area contributed by atoms with E-state index in [1.165, 1.54) is 84.9 Å². The second-order valence-corrected chi connectivity index (χ2v) is 9.50. The van der Waals surface area contributed by atoms with Crippen LogP contribution in [0.1, 0.15) is 41.4 Å². The minimum Gasteiger partial charge on any atom is -0.268 e. The van der Waals surface area contributed by atoms with Crippen molar-refractivity contribution in [2.24, 2.45) is 10.2 Å². The first kappa shape index (κ1) is 27.9. The topological polar surface area (TPSA) is 172 Å². The quantitative estimate of drug-likeness (QED) is 0.0999. The average Bonchev–Trinajstić information content (AvgIpc) is 2.99. The van der Waals surface area contributed by atoms with E-state index in [9.17, 15) is 19.2 Å². The molecule has 0 spiro atoms. The summed E-state index contributed by atoms with van der Waals surface area (Å²) in [6, 6.07) is 19.4. The van der Waals surface area contributed by atoms with Crippen LogP contribution in [0.4, 0.5) is 22.7 Å². The molecule has 0 saturated heterocycles. The highest BCUT2D eigenvalue weighted by atomic mass is 35.5. The smallest absolute Gasteiger partial charge is 0.267 e. The molecule has 5 rings (SSSR count). The second kappa shape index (κ2) is 11.5. The number of carbonyl (C=O) groups excluding carboxylic acids is 4. The van der Waals surface area contributed by atoms with Crippen molar-refractivity contribution >= 4 is 69.6 Å². The number of hydrogen-bond acceptors (Lipinski definition) is 6. The van der Waals surface area contributed by atoms with Gasteiger partial charge >= 0.3 is 0 Å². The van der Waals surface area contributed by atoms with E-state index in [1.54, 1.807) is 0 Å². The molecule has 1 aliphatic rings. The van der Waals surface area contributed by atoms with Crippen LogP contribution in [-0.2, 0) is 0 Å². The molecule has 0 N–H and O–H groups in total. The van der Waals surface area contributed by atoms with Gasteiger partial charge in [0.2, 0.25) is 0 Å². The van der Waals surface area contributed by atoms with Crippen LogP contribution in [0, 0.1) is 0 Å². The molecule has 0 aromatic heterocycles. The van der Waals surface area contributed by atoms with Gasteiger partial charge in [0.1, 0.15) is 0 Å². The normalized spacial score (nSPS) is 12.2. The second-order valence-electron chi connectivity index (χ2n) is 8.63. The summed E-state index contributed by atoms with van der Waals surface area (Å²) in [6.07, 6.45) is 0. The van der Waals surface area contributed by atoms with Crippen LogP contribution in [0.2, 0.25) is 10.0 Å². The van der Waals surface area contributed by atoms with Crippen molar-refractivity contribution in [1.82, 2.24) is 0 Å². The Labute approximate surface area is 246 Å². The number of azide groups is 2. The molecule has 1 heterocycles. The molecule has 4 aromatic carbocycles. The van der Waals surface area contributed by atoms with Gasteiger partial charge in [-0.3, -0.25) is 19.2 Å². The summed E-state index contributed by atoms with van der Waals surface area (Å²) in [7, 11) is 0. The maximum absolute atomic E-state index is 14.2. The molecule has 0 aliphatic carbocycles. The minimum atomic E-state index is -0.930. The lowest BCUT2D eigenvalue weighted by Crippen LogP contribution is -2.45. The van der Waals surface area contributed by atoms with Crippen LogP contribution >= 0.6 is 23.2 Å². The third-order valence-electron chi connectivity index (χ3n) is 6.25. The fourth-order valence-corrected chi connectivity index (χ4v) is 4.78. The van der Waals surface area contributed by atoms with Crippen LogP contribution in [0.5, 0.6) is 0 Å². The van der Waals surface area contributed by atoms with E-state index in [2.05, 4.69) is 20.1 Å². The largest absolute Gasteiger partial charge is 0.268 e. The monoisotopic (exact) mass is 596 g/mol. The number of carbonyl (C=O) groups is 4. The standard InChI is InChI=1S/C28H14Cl2N8O4/c29-15-9-11-21(33-35-31)19(13-15)27(41)37-23-7-3-1-5-17(23)25(39)38(24-8-4-2-6-18(24)26(37)40)28(42)20-14-16(30)10-12-22(20)34-36-32/h1-14H. The maximum Gasteiger partial charge on any atom is 0.267 e. The van der Waals surface area contributed by atoms with Gasteiger partial charge in [-0.15, -0.1) is 0 Å². The Kier molecular flexibility index (Phi) is 7.61. The van der Waals surface area contributed by atoms with Crippen molar-refractivity contribution in [2.45, 2.75) is 0 Å². The third kappa shape index (κ3) is 4.90. The highest BCUT2D eigenvalue weighted by Gasteiger charge is 2.39. The molecule has 0 bridgehead atoms. The summed E-state index contributed by atoms with van der Waals surface area (Å²) in [6.45, 7) is 0. The molecule has 42 heavy (non-hydrogen) atoms. The lowest BCUT2D eigenvalue weighted by atomic mass is 10.0. The zero-order valence-corrected chi connectivity index (χ0v) is 22.6. The zero-order chi connectivity index (χ0) is 30.0. The van der Waals surface area contributed by atoms with Crippen LogP contribution in [0.3, 0.4) is 0 Å².